The van der Waals surface area contributed by atoms with Crippen molar-refractivity contribution >= 4 is 52.4 Å². The van der Waals surface area contributed by atoms with Gasteiger partial charge in [-0.25, -0.2) is 0 Å². The number of pyridine rings is 1. The van der Waals surface area contributed by atoms with E-state index in [2.05, 4.69) is 85.3 Å². The zero-order valence-electron chi connectivity index (χ0n) is 15.7. The van der Waals surface area contributed by atoms with Gasteiger partial charge in [0.2, 0.25) is 0 Å². The van der Waals surface area contributed by atoms with Crippen LogP contribution >= 0.6 is 0 Å². The van der Waals surface area contributed by atoms with Crippen LogP contribution in [0.3, 0.4) is 0 Å². The Morgan fingerprint density at radius 3 is 1.88 bits per heavy atom. The van der Waals surface area contributed by atoms with Gasteiger partial charge in [0.05, 0.1) is 0 Å². The molecule has 2 aromatic rings. The van der Waals surface area contributed by atoms with E-state index in [1.807, 2.05) is 12.3 Å². The zero-order valence-corrected chi connectivity index (χ0v) is 20.1. The second kappa shape index (κ2) is 8.56. The maximum atomic E-state index is 4.73. The molecule has 0 atom stereocenters. The van der Waals surface area contributed by atoms with Crippen molar-refractivity contribution in [1.29, 1.82) is 0 Å². The first-order chi connectivity index (χ1) is 11.1. The molecule has 2 rings (SSSR count). The molecule has 1 heterocycles. The van der Waals surface area contributed by atoms with E-state index in [1.54, 1.807) is 16.7 Å². The Hall–Kier alpha value is -1.05. The van der Waals surface area contributed by atoms with Crippen LogP contribution in [0.5, 0.6) is 0 Å². The van der Waals surface area contributed by atoms with Crippen molar-refractivity contribution in [2.45, 2.75) is 39.3 Å². The largest absolute Gasteiger partial charge is 0.187 e. The van der Waals surface area contributed by atoms with Gasteiger partial charge in [0.1, 0.15) is 0 Å². The number of rotatable bonds is 5. The molecule has 6 heteroatoms. The molecule has 0 aliphatic rings. The van der Waals surface area contributed by atoms with Crippen molar-refractivity contribution in [3.8, 4) is 0 Å². The number of hydrogen-bond donors (Lipinski definition) is 0. The van der Waals surface area contributed by atoms with E-state index in [0.717, 1.165) is 5.69 Å². The SMILES string of the molecule is C[Si](C)(C)/C(=C(\c1ccccc1)[N]([GeH])[Si](C)(C)C)c1ccccn1.[BH3-]. The third-order valence-electron chi connectivity index (χ3n) is 3.92. The van der Waals surface area contributed by atoms with Crippen LogP contribution in [0.1, 0.15) is 11.3 Å². The van der Waals surface area contributed by atoms with Crippen molar-refractivity contribution in [2.24, 2.45) is 0 Å². The Bertz CT molecular complexity index is 708. The molecular weight excluding hydrogens is 396 g/mol. The molecule has 0 N–H and O–H groups in total. The van der Waals surface area contributed by atoms with E-state index in [0.29, 0.717) is 0 Å². The van der Waals surface area contributed by atoms with Gasteiger partial charge in [-0.05, 0) is 0 Å². The number of benzene rings is 1. The molecule has 0 spiro atoms. The molecule has 25 heavy (non-hydrogen) atoms. The first-order valence-corrected chi connectivity index (χ1v) is 16.4. The van der Waals surface area contributed by atoms with Crippen LogP contribution in [0.4, 0.5) is 0 Å². The molecule has 0 saturated carbocycles. The normalized spacial score (nSPS) is 12.9. The molecule has 133 valence electrons. The number of nitrogens with zero attached hydrogens (tertiary/aromatic N) is 2. The van der Waals surface area contributed by atoms with Gasteiger partial charge in [-0.1, -0.05) is 0 Å². The van der Waals surface area contributed by atoms with Crippen molar-refractivity contribution in [3.63, 3.8) is 0 Å². The minimum absolute atomic E-state index is 0. The Morgan fingerprint density at radius 1 is 0.880 bits per heavy atom. The predicted molar refractivity (Wildman–Crippen MR) is 123 cm³/mol. The van der Waals surface area contributed by atoms with Crippen LogP contribution in [0.25, 0.3) is 10.9 Å². The second-order valence-corrected chi connectivity index (χ2v) is 20.1. The van der Waals surface area contributed by atoms with Crippen molar-refractivity contribution in [2.75, 3.05) is 0 Å². The minimum Gasteiger partial charge on any atom is -0.187 e. The summed E-state index contributed by atoms with van der Waals surface area (Å²) in [5.74, 6) is 0. The van der Waals surface area contributed by atoms with Gasteiger partial charge >= 0.3 is 158 Å². The van der Waals surface area contributed by atoms with Gasteiger partial charge in [0, 0.05) is 0 Å². The van der Waals surface area contributed by atoms with Gasteiger partial charge in [-0.2, -0.15) is 8.41 Å². The molecule has 0 saturated heterocycles. The minimum atomic E-state index is -1.61. The van der Waals surface area contributed by atoms with Crippen LogP contribution < -0.4 is 0 Å². The fourth-order valence-electron chi connectivity index (χ4n) is 2.71. The van der Waals surface area contributed by atoms with E-state index in [9.17, 15) is 0 Å². The second-order valence-electron chi connectivity index (χ2n) is 8.10. The quantitative estimate of drug-likeness (QED) is 0.679. The van der Waals surface area contributed by atoms with Gasteiger partial charge < -0.3 is 0 Å². The van der Waals surface area contributed by atoms with Gasteiger partial charge in [0.15, 0.2) is 0 Å². The Labute approximate surface area is 165 Å². The van der Waals surface area contributed by atoms with Crippen LogP contribution in [-0.4, -0.2) is 50.0 Å². The molecule has 0 aliphatic carbocycles. The third kappa shape index (κ3) is 5.46. The Morgan fingerprint density at radius 2 is 1.44 bits per heavy atom. The number of hydrogen-bond acceptors (Lipinski definition) is 2. The summed E-state index contributed by atoms with van der Waals surface area (Å²) in [6, 6.07) is 17.1. The molecule has 0 fully saturated rings. The van der Waals surface area contributed by atoms with Crippen LogP contribution in [-0.2, 0) is 0 Å². The summed E-state index contributed by atoms with van der Waals surface area (Å²) in [6.07, 6.45) is 1.91. The molecule has 0 bridgehead atoms. The van der Waals surface area contributed by atoms with Crippen LogP contribution in [0, 0.1) is 0 Å². The fourth-order valence-corrected chi connectivity index (χ4v) is 6.48. The summed E-state index contributed by atoms with van der Waals surface area (Å²) in [5, 5.41) is 1.46. The molecule has 0 aliphatic heterocycles. The van der Waals surface area contributed by atoms with E-state index < -0.39 is 16.3 Å². The smallest absolute Gasteiger partial charge is 0.187 e. The van der Waals surface area contributed by atoms with Gasteiger partial charge in [-0.3, -0.25) is 0 Å². The molecule has 2 nitrogen and oxygen atoms in total. The number of aromatic nitrogens is 1. The van der Waals surface area contributed by atoms with E-state index in [1.165, 1.54) is 16.5 Å². The van der Waals surface area contributed by atoms with E-state index >= 15 is 0 Å². The third-order valence-corrected chi connectivity index (χ3v) is 13.0. The van der Waals surface area contributed by atoms with E-state index in [4.69, 9.17) is 4.98 Å². The maximum absolute atomic E-state index is 4.73. The topological polar surface area (TPSA) is 16.1 Å². The predicted octanol–water partition coefficient (Wildman–Crippen LogP) is 3.60. The van der Waals surface area contributed by atoms with Gasteiger partial charge in [0.25, 0.3) is 0 Å². The van der Waals surface area contributed by atoms with Crippen molar-refractivity contribution < 1.29 is 0 Å². The van der Waals surface area contributed by atoms with Crippen LogP contribution in [0.15, 0.2) is 54.7 Å². The summed E-state index contributed by atoms with van der Waals surface area (Å²) in [6.45, 7) is 14.5. The molecule has 0 amide bonds. The fraction of sp³-hybridized carbons (Fsp3) is 0.316. The monoisotopic (exact) mass is 428 g/mol. The van der Waals surface area contributed by atoms with E-state index in [-0.39, 0.29) is 8.41 Å². The Balaban J connectivity index is 0.00000312. The molecular formula is C19H31BGeN2Si2-. The van der Waals surface area contributed by atoms with Gasteiger partial charge in [-0.15, -0.1) is 0 Å². The summed E-state index contributed by atoms with van der Waals surface area (Å²) < 4.78 is 2.61. The standard InChI is InChI=1S/C19H28GeN2Si2.BH3/c1-23(2,3)19(17-14-10-11-15-21-17)18(22(20)24(4,5)6)16-12-8-7-9-13-16;/h7-15,20H,1-6H3;1H3/q;-1/b19-18+;. The average molecular weight is 427 g/mol. The van der Waals surface area contributed by atoms with Crippen LogP contribution in [0.2, 0.25) is 39.3 Å². The first kappa shape index (κ1) is 22.0. The average Bonchev–Trinajstić information content (AvgIpc) is 2.51. The summed E-state index contributed by atoms with van der Waals surface area (Å²) >= 11 is 1.71. The molecule has 3 radical (unpaired) electrons. The maximum Gasteiger partial charge on any atom is -0.187 e. The zero-order chi connectivity index (χ0) is 18.0. The Kier molecular flexibility index (Phi) is 7.53. The van der Waals surface area contributed by atoms with Crippen molar-refractivity contribution in [3.05, 3.63) is 66.0 Å². The molecule has 0 unspecified atom stereocenters. The molecule has 1 aromatic heterocycles. The molecule has 1 aromatic carbocycles. The summed E-state index contributed by atoms with van der Waals surface area (Å²) in [7, 11) is -3.09. The van der Waals surface area contributed by atoms with Crippen molar-refractivity contribution in [1.82, 2.24) is 8.51 Å². The summed E-state index contributed by atoms with van der Waals surface area (Å²) in [4.78, 5) is 4.73. The first-order valence-electron chi connectivity index (χ1n) is 8.39. The summed E-state index contributed by atoms with van der Waals surface area (Å²) in [5.41, 5.74) is 3.84.